The molecule has 1 aromatic carbocycles. The predicted molar refractivity (Wildman–Crippen MR) is 93.4 cm³/mol. The van der Waals surface area contributed by atoms with E-state index in [1.807, 2.05) is 0 Å². The Morgan fingerprint density at radius 2 is 1.62 bits per heavy atom. The van der Waals surface area contributed by atoms with Gasteiger partial charge >= 0.3 is 0 Å². The highest BCUT2D eigenvalue weighted by atomic mass is 35.5. The molecular weight excluding hydrogens is 305 g/mol. The van der Waals surface area contributed by atoms with Gasteiger partial charge in [0.25, 0.3) is 0 Å². The smallest absolute Gasteiger partial charge is 0.0626 e. The molecule has 0 unspecified atom stereocenters. The minimum Gasteiger partial charge on any atom is -0.304 e. The highest BCUT2D eigenvalue weighted by molar-refractivity contribution is 5.85. The summed E-state index contributed by atoms with van der Waals surface area (Å²) in [6, 6.07) is 10.9. The van der Waals surface area contributed by atoms with E-state index in [1.165, 1.54) is 51.1 Å². The Balaban J connectivity index is 0.00000110. The minimum absolute atomic E-state index is 0. The van der Waals surface area contributed by atoms with Gasteiger partial charge < -0.3 is 4.90 Å². The van der Waals surface area contributed by atoms with Crippen LogP contribution in [0.2, 0.25) is 0 Å². The molecule has 0 amide bonds. The van der Waals surface area contributed by atoms with Crippen molar-refractivity contribution in [3.8, 4) is 0 Å². The van der Waals surface area contributed by atoms with Crippen molar-refractivity contribution in [2.24, 2.45) is 0 Å². The SMILES string of the molecule is CN1CCN([C@@H]2CCCN2Cc2ccccc2)CC1.Cl.Cl. The number of hydrogen-bond acceptors (Lipinski definition) is 3. The van der Waals surface area contributed by atoms with Crippen molar-refractivity contribution < 1.29 is 0 Å². The van der Waals surface area contributed by atoms with E-state index in [-0.39, 0.29) is 24.8 Å². The summed E-state index contributed by atoms with van der Waals surface area (Å²) in [7, 11) is 2.23. The van der Waals surface area contributed by atoms with Gasteiger partial charge in [0.15, 0.2) is 0 Å². The summed E-state index contributed by atoms with van der Waals surface area (Å²) in [5, 5.41) is 0. The van der Waals surface area contributed by atoms with Crippen molar-refractivity contribution in [3.63, 3.8) is 0 Å². The third kappa shape index (κ3) is 4.83. The zero-order chi connectivity index (χ0) is 13.1. The van der Waals surface area contributed by atoms with Gasteiger partial charge in [0.1, 0.15) is 0 Å². The highest BCUT2D eigenvalue weighted by Crippen LogP contribution is 2.23. The van der Waals surface area contributed by atoms with E-state index in [4.69, 9.17) is 0 Å². The van der Waals surface area contributed by atoms with Crippen molar-refractivity contribution in [3.05, 3.63) is 35.9 Å². The number of rotatable bonds is 3. The normalized spacial score (nSPS) is 24.3. The van der Waals surface area contributed by atoms with E-state index >= 15 is 0 Å². The number of hydrogen-bond donors (Lipinski definition) is 0. The molecule has 0 aliphatic carbocycles. The Labute approximate surface area is 141 Å². The molecule has 2 saturated heterocycles. The van der Waals surface area contributed by atoms with Gasteiger partial charge in [0.05, 0.1) is 6.17 Å². The van der Waals surface area contributed by atoms with Gasteiger partial charge in [-0.05, 0) is 25.5 Å². The van der Waals surface area contributed by atoms with E-state index in [9.17, 15) is 0 Å². The summed E-state index contributed by atoms with van der Waals surface area (Å²) in [6.45, 7) is 7.26. The van der Waals surface area contributed by atoms with Gasteiger partial charge in [-0.3, -0.25) is 9.80 Å². The lowest BCUT2D eigenvalue weighted by molar-refractivity contribution is 0.0331. The molecule has 1 atom stereocenters. The van der Waals surface area contributed by atoms with E-state index in [1.54, 1.807) is 0 Å². The molecule has 5 heteroatoms. The van der Waals surface area contributed by atoms with Crippen LogP contribution >= 0.6 is 24.8 Å². The number of piperazine rings is 1. The molecule has 0 aromatic heterocycles. The molecule has 2 aliphatic rings. The first-order chi connectivity index (χ1) is 9.33. The van der Waals surface area contributed by atoms with Crippen LogP contribution in [-0.2, 0) is 6.54 Å². The first kappa shape index (κ1) is 18.7. The third-order valence-corrected chi connectivity index (χ3v) is 4.52. The molecule has 21 heavy (non-hydrogen) atoms. The fraction of sp³-hybridized carbons (Fsp3) is 0.625. The zero-order valence-corrected chi connectivity index (χ0v) is 14.4. The summed E-state index contributed by atoms with van der Waals surface area (Å²) in [5.74, 6) is 0. The lowest BCUT2D eigenvalue weighted by Crippen LogP contribution is -2.52. The first-order valence-electron chi connectivity index (χ1n) is 7.53. The highest BCUT2D eigenvalue weighted by Gasteiger charge is 2.31. The number of benzene rings is 1. The number of halogens is 2. The van der Waals surface area contributed by atoms with E-state index < -0.39 is 0 Å². The number of likely N-dealkylation sites (tertiary alicyclic amines) is 1. The van der Waals surface area contributed by atoms with Gasteiger partial charge in [-0.2, -0.15) is 0 Å². The predicted octanol–water partition coefficient (Wildman–Crippen LogP) is 2.70. The molecule has 2 aliphatic heterocycles. The average Bonchev–Trinajstić information content (AvgIpc) is 2.89. The molecule has 0 radical (unpaired) electrons. The summed E-state index contributed by atoms with van der Waals surface area (Å²) in [4.78, 5) is 7.80. The molecule has 0 N–H and O–H groups in total. The molecular formula is C16H27Cl2N3. The summed E-state index contributed by atoms with van der Waals surface area (Å²) < 4.78 is 0. The summed E-state index contributed by atoms with van der Waals surface area (Å²) in [5.41, 5.74) is 1.45. The maximum atomic E-state index is 2.69. The minimum atomic E-state index is 0. The second-order valence-electron chi connectivity index (χ2n) is 5.92. The molecule has 3 rings (SSSR count). The molecule has 0 saturated carbocycles. The molecule has 2 heterocycles. The molecule has 120 valence electrons. The van der Waals surface area contributed by atoms with Crippen molar-refractivity contribution >= 4 is 24.8 Å². The number of likely N-dealkylation sites (N-methyl/N-ethyl adjacent to an activating group) is 1. The molecule has 0 spiro atoms. The summed E-state index contributed by atoms with van der Waals surface area (Å²) in [6.07, 6.45) is 3.37. The lowest BCUT2D eigenvalue weighted by Gasteiger charge is -2.40. The molecule has 1 aromatic rings. The summed E-state index contributed by atoms with van der Waals surface area (Å²) >= 11 is 0. The van der Waals surface area contributed by atoms with Crippen LogP contribution in [0.1, 0.15) is 18.4 Å². The first-order valence-corrected chi connectivity index (χ1v) is 7.53. The Morgan fingerprint density at radius 1 is 0.952 bits per heavy atom. The Kier molecular flexibility index (Phi) is 7.99. The Bertz CT molecular complexity index is 394. The van der Waals surface area contributed by atoms with Crippen LogP contribution in [0.25, 0.3) is 0 Å². The van der Waals surface area contributed by atoms with Gasteiger partial charge in [-0.25, -0.2) is 0 Å². The van der Waals surface area contributed by atoms with E-state index in [2.05, 4.69) is 52.1 Å². The van der Waals surface area contributed by atoms with Crippen LogP contribution in [0.4, 0.5) is 0 Å². The lowest BCUT2D eigenvalue weighted by atomic mass is 10.2. The van der Waals surface area contributed by atoms with E-state index in [0.29, 0.717) is 6.17 Å². The second-order valence-corrected chi connectivity index (χ2v) is 5.92. The molecule has 0 bridgehead atoms. The quantitative estimate of drug-likeness (QED) is 0.843. The van der Waals surface area contributed by atoms with Crippen LogP contribution in [0.15, 0.2) is 30.3 Å². The third-order valence-electron chi connectivity index (χ3n) is 4.52. The Morgan fingerprint density at radius 3 is 2.29 bits per heavy atom. The van der Waals surface area contributed by atoms with Crippen molar-refractivity contribution in [2.45, 2.75) is 25.6 Å². The van der Waals surface area contributed by atoms with Crippen LogP contribution in [0.5, 0.6) is 0 Å². The van der Waals surface area contributed by atoms with Crippen molar-refractivity contribution in [2.75, 3.05) is 39.8 Å². The molecule has 3 nitrogen and oxygen atoms in total. The monoisotopic (exact) mass is 331 g/mol. The maximum Gasteiger partial charge on any atom is 0.0626 e. The Hall–Kier alpha value is -0.320. The van der Waals surface area contributed by atoms with Crippen molar-refractivity contribution in [1.29, 1.82) is 0 Å². The van der Waals surface area contributed by atoms with Crippen LogP contribution in [0.3, 0.4) is 0 Å². The number of nitrogens with zero attached hydrogens (tertiary/aromatic N) is 3. The van der Waals surface area contributed by atoms with Gasteiger partial charge in [-0.15, -0.1) is 24.8 Å². The second kappa shape index (κ2) is 8.96. The molecule has 2 fully saturated rings. The van der Waals surface area contributed by atoms with Crippen LogP contribution < -0.4 is 0 Å². The van der Waals surface area contributed by atoms with E-state index in [0.717, 1.165) is 6.54 Å². The van der Waals surface area contributed by atoms with Gasteiger partial charge in [0, 0.05) is 39.3 Å². The standard InChI is InChI=1S/C16H25N3.2ClH/c1-17-10-12-18(13-11-17)16-8-5-9-19(16)14-15-6-3-2-4-7-15;;/h2-4,6-7,16H,5,8-14H2,1H3;2*1H/t16-;;/m0../s1. The maximum absolute atomic E-state index is 2.69. The fourth-order valence-electron chi connectivity index (χ4n) is 3.34. The topological polar surface area (TPSA) is 9.72 Å². The van der Waals surface area contributed by atoms with Crippen LogP contribution in [-0.4, -0.2) is 60.6 Å². The van der Waals surface area contributed by atoms with Gasteiger partial charge in [0.2, 0.25) is 0 Å². The average molecular weight is 332 g/mol. The fourth-order valence-corrected chi connectivity index (χ4v) is 3.34. The zero-order valence-electron chi connectivity index (χ0n) is 12.8. The van der Waals surface area contributed by atoms with Crippen LogP contribution in [0, 0.1) is 0 Å². The largest absolute Gasteiger partial charge is 0.304 e. The van der Waals surface area contributed by atoms with Gasteiger partial charge in [-0.1, -0.05) is 30.3 Å². The van der Waals surface area contributed by atoms with Crippen molar-refractivity contribution in [1.82, 2.24) is 14.7 Å².